The number of ether oxygens (including phenoxy) is 1. The maximum Gasteiger partial charge on any atom is 0.120 e. The summed E-state index contributed by atoms with van der Waals surface area (Å²) < 4.78 is 7.45. The summed E-state index contributed by atoms with van der Waals surface area (Å²) in [6.07, 6.45) is 1.25. The Morgan fingerprint density at radius 3 is 2.16 bits per heavy atom. The Labute approximate surface area is 150 Å². The number of aromatic nitrogens is 1. The fourth-order valence-electron chi connectivity index (χ4n) is 2.37. The van der Waals surface area contributed by atoms with Crippen molar-refractivity contribution in [3.05, 3.63) is 48.5 Å². The molecule has 0 bridgehead atoms. The van der Waals surface area contributed by atoms with E-state index in [4.69, 9.17) is 15.7 Å². The molecule has 4 heteroatoms. The molecule has 0 spiro atoms. The molecule has 0 radical (unpaired) electrons. The summed E-state index contributed by atoms with van der Waals surface area (Å²) in [6.45, 7) is 5.68. The molecule has 3 rings (SSSR count). The molecule has 2 N–H and O–H groups in total. The first-order valence-corrected chi connectivity index (χ1v) is 8.32. The maximum atomic E-state index is 7.32. The first kappa shape index (κ1) is 20.1. The normalized spacial score (nSPS) is 9.28. The number of methoxy groups -OCH3 is 1. The number of nitrogen functional groups attached to an aromatic ring is 1. The molecule has 25 heavy (non-hydrogen) atoms. The largest absolute Gasteiger partial charge is 0.497 e. The van der Waals surface area contributed by atoms with E-state index in [1.807, 2.05) is 30.3 Å². The number of nitrogens with two attached hydrogens (primary N) is 1. The number of rotatable bonds is 2. The summed E-state index contributed by atoms with van der Waals surface area (Å²) in [5.74, 6) is 0.873. The molecule has 0 unspecified atom stereocenters. The van der Waals surface area contributed by atoms with Crippen LogP contribution in [0.3, 0.4) is 0 Å². The molecule has 1 aromatic heterocycles. The molecule has 132 valence electrons. The van der Waals surface area contributed by atoms with Crippen LogP contribution in [0.4, 0.5) is 5.69 Å². The quantitative estimate of drug-likeness (QED) is 0.638. The Hall–Kier alpha value is -2.93. The summed E-state index contributed by atoms with van der Waals surface area (Å²) in [4.78, 5) is 0. The van der Waals surface area contributed by atoms with Crippen molar-refractivity contribution >= 4 is 16.6 Å². The van der Waals surface area contributed by atoms with E-state index in [0.717, 1.165) is 22.5 Å². The third kappa shape index (κ3) is 5.29. The van der Waals surface area contributed by atoms with Gasteiger partial charge in [-0.3, -0.25) is 0 Å². The highest BCUT2D eigenvalue weighted by Gasteiger charge is 2.08. The smallest absolute Gasteiger partial charge is 0.120 e. The number of hydrogen-bond acceptors (Lipinski definition) is 3. The Balaban J connectivity index is 0.000000460. The van der Waals surface area contributed by atoms with E-state index in [9.17, 15) is 0 Å². The van der Waals surface area contributed by atoms with Gasteiger partial charge in [-0.05, 0) is 35.9 Å². The van der Waals surface area contributed by atoms with Crippen LogP contribution in [0.25, 0.3) is 22.2 Å². The van der Waals surface area contributed by atoms with Crippen LogP contribution >= 0.6 is 0 Å². The van der Waals surface area contributed by atoms with Crippen molar-refractivity contribution in [2.75, 3.05) is 12.8 Å². The molecule has 0 saturated carbocycles. The molecule has 0 aliphatic carbocycles. The lowest BCUT2D eigenvalue weighted by Crippen LogP contribution is -1.92. The minimum atomic E-state index is 0.782. The summed E-state index contributed by atoms with van der Waals surface area (Å²) in [5, 5.41) is 8.52. The van der Waals surface area contributed by atoms with Crippen LogP contribution in [0.5, 0.6) is 5.75 Å². The number of anilines is 1. The Kier molecular flexibility index (Phi) is 8.08. The first-order valence-electron chi connectivity index (χ1n) is 8.32. The van der Waals surface area contributed by atoms with E-state index < -0.39 is 0 Å². The van der Waals surface area contributed by atoms with Crippen LogP contribution < -0.4 is 10.5 Å². The Morgan fingerprint density at radius 1 is 1.08 bits per heavy atom. The van der Waals surface area contributed by atoms with Gasteiger partial charge in [0.1, 0.15) is 5.75 Å². The number of benzene rings is 2. The van der Waals surface area contributed by atoms with Gasteiger partial charge in [-0.2, -0.15) is 5.26 Å². The molecule has 3 aromatic rings. The number of aryl methyl sites for hydroxylation is 1. The summed E-state index contributed by atoms with van der Waals surface area (Å²) in [6, 6.07) is 18.0. The van der Waals surface area contributed by atoms with Crippen LogP contribution in [0.1, 0.15) is 27.2 Å². The molecular formula is C21H27N3O. The molecule has 0 aliphatic rings. The molecule has 2 aromatic carbocycles. The van der Waals surface area contributed by atoms with Gasteiger partial charge in [0.05, 0.1) is 18.7 Å². The maximum absolute atomic E-state index is 7.32. The van der Waals surface area contributed by atoms with Crippen molar-refractivity contribution in [2.24, 2.45) is 7.05 Å². The lowest BCUT2D eigenvalue weighted by molar-refractivity contribution is 0.415. The average molecular weight is 337 g/mol. The third-order valence-electron chi connectivity index (χ3n) is 3.46. The van der Waals surface area contributed by atoms with Gasteiger partial charge < -0.3 is 15.0 Å². The van der Waals surface area contributed by atoms with E-state index in [1.54, 1.807) is 13.2 Å². The second-order valence-corrected chi connectivity index (χ2v) is 5.57. The Morgan fingerprint density at radius 2 is 1.64 bits per heavy atom. The molecule has 0 aliphatic heterocycles. The third-order valence-corrected chi connectivity index (χ3v) is 3.46. The second kappa shape index (κ2) is 10.0. The van der Waals surface area contributed by atoms with E-state index in [-0.39, 0.29) is 0 Å². The van der Waals surface area contributed by atoms with E-state index in [1.165, 1.54) is 24.4 Å². The van der Waals surface area contributed by atoms with Gasteiger partial charge in [-0.15, -0.1) is 0 Å². The topological polar surface area (TPSA) is 64.0 Å². The van der Waals surface area contributed by atoms with Crippen LogP contribution in [0, 0.1) is 11.3 Å². The van der Waals surface area contributed by atoms with Gasteiger partial charge in [0.25, 0.3) is 0 Å². The van der Waals surface area contributed by atoms with Crippen LogP contribution in [0.15, 0.2) is 48.5 Å². The standard InChI is InChI=1S/C16H16N2O.C3H8.C2H3N/c1-18-15(11-3-6-13(17)7-4-11)9-12-5-8-14(19-2)10-16(12)18;1-3-2;1-2-3/h3-10H,17H2,1-2H3;3H2,1-2H3;1H3. The lowest BCUT2D eigenvalue weighted by Gasteiger charge is -2.05. The average Bonchev–Trinajstić information content (AvgIpc) is 2.93. The second-order valence-electron chi connectivity index (χ2n) is 5.57. The lowest BCUT2D eigenvalue weighted by atomic mass is 10.1. The SMILES string of the molecule is CC#N.CCC.COc1ccc2cc(-c3ccc(N)cc3)n(C)c2c1. The highest BCUT2D eigenvalue weighted by Crippen LogP contribution is 2.29. The molecular weight excluding hydrogens is 310 g/mol. The Bertz CT molecular complexity index is 827. The summed E-state index contributed by atoms with van der Waals surface area (Å²) in [5.41, 5.74) is 10.0. The van der Waals surface area contributed by atoms with Gasteiger partial charge in [0.2, 0.25) is 0 Å². The number of fused-ring (bicyclic) bond motifs is 1. The first-order chi connectivity index (χ1) is 12.0. The summed E-state index contributed by atoms with van der Waals surface area (Å²) in [7, 11) is 3.75. The predicted octanol–water partition coefficient (Wildman–Crippen LogP) is 5.38. The van der Waals surface area contributed by atoms with Crippen LogP contribution in [0.2, 0.25) is 0 Å². The van der Waals surface area contributed by atoms with Crippen LogP contribution in [-0.2, 0) is 7.05 Å². The van der Waals surface area contributed by atoms with Crippen molar-refractivity contribution in [1.29, 1.82) is 5.26 Å². The van der Waals surface area contributed by atoms with Gasteiger partial charge in [-0.25, -0.2) is 0 Å². The molecule has 0 atom stereocenters. The fourth-order valence-corrected chi connectivity index (χ4v) is 2.37. The van der Waals surface area contributed by atoms with Gasteiger partial charge >= 0.3 is 0 Å². The minimum absolute atomic E-state index is 0.782. The zero-order valence-electron chi connectivity index (χ0n) is 15.7. The van der Waals surface area contributed by atoms with Gasteiger partial charge in [-0.1, -0.05) is 32.4 Å². The highest BCUT2D eigenvalue weighted by molar-refractivity contribution is 5.88. The number of nitrogens with zero attached hydrogens (tertiary/aromatic N) is 2. The number of nitriles is 1. The van der Waals surface area contributed by atoms with E-state index in [2.05, 4.69) is 43.7 Å². The van der Waals surface area contributed by atoms with Crippen molar-refractivity contribution in [3.63, 3.8) is 0 Å². The molecule has 0 saturated heterocycles. The van der Waals surface area contributed by atoms with E-state index >= 15 is 0 Å². The predicted molar refractivity (Wildman–Crippen MR) is 107 cm³/mol. The highest BCUT2D eigenvalue weighted by atomic mass is 16.5. The monoisotopic (exact) mass is 337 g/mol. The van der Waals surface area contributed by atoms with Crippen molar-refractivity contribution < 1.29 is 4.74 Å². The van der Waals surface area contributed by atoms with Crippen molar-refractivity contribution in [3.8, 4) is 23.1 Å². The zero-order chi connectivity index (χ0) is 18.8. The van der Waals surface area contributed by atoms with E-state index in [0.29, 0.717) is 0 Å². The van der Waals surface area contributed by atoms with Crippen LogP contribution in [-0.4, -0.2) is 11.7 Å². The minimum Gasteiger partial charge on any atom is -0.497 e. The summed E-state index contributed by atoms with van der Waals surface area (Å²) >= 11 is 0. The van der Waals surface area contributed by atoms with Crippen molar-refractivity contribution in [2.45, 2.75) is 27.2 Å². The fraction of sp³-hybridized carbons (Fsp3) is 0.286. The molecule has 0 amide bonds. The zero-order valence-corrected chi connectivity index (χ0v) is 15.7. The molecule has 4 nitrogen and oxygen atoms in total. The molecule has 0 fully saturated rings. The number of hydrogen-bond donors (Lipinski definition) is 1. The van der Waals surface area contributed by atoms with Gasteiger partial charge in [0, 0.05) is 36.8 Å². The van der Waals surface area contributed by atoms with Gasteiger partial charge in [0.15, 0.2) is 0 Å². The van der Waals surface area contributed by atoms with Crippen molar-refractivity contribution in [1.82, 2.24) is 4.57 Å². The molecule has 1 heterocycles.